The van der Waals surface area contributed by atoms with Gasteiger partial charge in [-0.15, -0.1) is 12.4 Å². The fourth-order valence-corrected chi connectivity index (χ4v) is 2.82. The van der Waals surface area contributed by atoms with Crippen molar-refractivity contribution in [3.05, 3.63) is 29.3 Å². The monoisotopic (exact) mass is 332 g/mol. The van der Waals surface area contributed by atoms with Gasteiger partial charge in [0.15, 0.2) is 6.10 Å². The Morgan fingerprint density at radius 2 is 2.19 bits per heavy atom. The first-order chi connectivity index (χ1) is 9.52. The van der Waals surface area contributed by atoms with Crippen molar-refractivity contribution in [1.82, 2.24) is 4.90 Å². The molecule has 3 atom stereocenters. The van der Waals surface area contributed by atoms with Gasteiger partial charge in [-0.1, -0.05) is 23.7 Å². The molecule has 0 aliphatic carbocycles. The third kappa shape index (κ3) is 4.25. The maximum atomic E-state index is 12.4. The van der Waals surface area contributed by atoms with Crippen LogP contribution in [0.4, 0.5) is 0 Å². The molecule has 1 aliphatic rings. The van der Waals surface area contributed by atoms with E-state index in [4.69, 9.17) is 22.1 Å². The lowest BCUT2D eigenvalue weighted by Gasteiger charge is -2.25. The van der Waals surface area contributed by atoms with E-state index in [0.29, 0.717) is 29.8 Å². The van der Waals surface area contributed by atoms with Crippen LogP contribution in [0.5, 0.6) is 5.75 Å². The first-order valence-corrected chi connectivity index (χ1v) is 7.32. The summed E-state index contributed by atoms with van der Waals surface area (Å²) in [5, 5.41) is 0.515. The molecule has 1 aromatic rings. The van der Waals surface area contributed by atoms with Gasteiger partial charge in [0, 0.05) is 12.6 Å². The predicted molar refractivity (Wildman–Crippen MR) is 87.1 cm³/mol. The second kappa shape index (κ2) is 7.87. The second-order valence-corrected chi connectivity index (χ2v) is 5.77. The van der Waals surface area contributed by atoms with Crippen molar-refractivity contribution < 1.29 is 9.53 Å². The van der Waals surface area contributed by atoms with E-state index >= 15 is 0 Å². The number of para-hydroxylation sites is 1. The zero-order valence-electron chi connectivity index (χ0n) is 12.3. The Bertz CT molecular complexity index is 484. The van der Waals surface area contributed by atoms with E-state index in [1.165, 1.54) is 0 Å². The van der Waals surface area contributed by atoms with Gasteiger partial charge >= 0.3 is 0 Å². The molecule has 0 spiro atoms. The highest BCUT2D eigenvalue weighted by atomic mass is 35.5. The van der Waals surface area contributed by atoms with Crippen molar-refractivity contribution in [2.24, 2.45) is 11.7 Å². The summed E-state index contributed by atoms with van der Waals surface area (Å²) in [5.74, 6) is 0.923. The van der Waals surface area contributed by atoms with Crippen molar-refractivity contribution in [3.63, 3.8) is 0 Å². The van der Waals surface area contributed by atoms with Crippen LogP contribution in [0.1, 0.15) is 20.3 Å². The Morgan fingerprint density at radius 1 is 1.52 bits per heavy atom. The quantitative estimate of drug-likeness (QED) is 0.922. The first kappa shape index (κ1) is 18.1. The van der Waals surface area contributed by atoms with Gasteiger partial charge in [-0.3, -0.25) is 4.79 Å². The molecule has 0 bridgehead atoms. The Balaban J connectivity index is 0.00000220. The number of hydrogen-bond acceptors (Lipinski definition) is 3. The Labute approximate surface area is 137 Å². The van der Waals surface area contributed by atoms with Gasteiger partial charge in [-0.05, 0) is 44.9 Å². The van der Waals surface area contributed by atoms with E-state index in [1.807, 2.05) is 17.0 Å². The van der Waals surface area contributed by atoms with Gasteiger partial charge in [0.05, 0.1) is 5.02 Å². The summed E-state index contributed by atoms with van der Waals surface area (Å²) in [5.41, 5.74) is 5.69. The molecule has 0 radical (unpaired) electrons. The Hall–Kier alpha value is -0.970. The summed E-state index contributed by atoms with van der Waals surface area (Å²) in [4.78, 5) is 14.3. The number of halogens is 2. The normalized spacial score (nSPS) is 22.6. The van der Waals surface area contributed by atoms with Crippen LogP contribution in [-0.2, 0) is 4.79 Å². The molecule has 118 valence electrons. The number of carbonyl (C=O) groups is 1. The Morgan fingerprint density at radius 3 is 2.76 bits per heavy atom. The third-order valence-corrected chi connectivity index (χ3v) is 4.08. The topological polar surface area (TPSA) is 55.6 Å². The van der Waals surface area contributed by atoms with E-state index in [0.717, 1.165) is 6.42 Å². The smallest absolute Gasteiger partial charge is 0.263 e. The van der Waals surface area contributed by atoms with Gasteiger partial charge in [0.25, 0.3) is 5.91 Å². The zero-order chi connectivity index (χ0) is 14.7. The second-order valence-electron chi connectivity index (χ2n) is 5.37. The minimum absolute atomic E-state index is 0. The fraction of sp³-hybridized carbons (Fsp3) is 0.533. The van der Waals surface area contributed by atoms with Crippen LogP contribution >= 0.6 is 24.0 Å². The summed E-state index contributed by atoms with van der Waals surface area (Å²) in [6.07, 6.45) is 0.412. The van der Waals surface area contributed by atoms with Crippen molar-refractivity contribution in [1.29, 1.82) is 0 Å². The molecule has 2 N–H and O–H groups in total. The molecule has 4 nitrogen and oxygen atoms in total. The molecule has 6 heteroatoms. The van der Waals surface area contributed by atoms with Crippen molar-refractivity contribution in [2.75, 3.05) is 13.1 Å². The van der Waals surface area contributed by atoms with Crippen molar-refractivity contribution in [2.45, 2.75) is 32.4 Å². The van der Waals surface area contributed by atoms with Crippen LogP contribution in [0.2, 0.25) is 5.02 Å². The van der Waals surface area contributed by atoms with Crippen LogP contribution in [0.15, 0.2) is 24.3 Å². The molecular weight excluding hydrogens is 311 g/mol. The number of ether oxygens (including phenoxy) is 1. The molecular formula is C15H22Cl2N2O2. The van der Waals surface area contributed by atoms with Gasteiger partial charge in [-0.2, -0.15) is 0 Å². The lowest BCUT2D eigenvalue weighted by Crippen LogP contribution is -2.42. The molecule has 1 heterocycles. The van der Waals surface area contributed by atoms with Crippen LogP contribution in [0, 0.1) is 5.92 Å². The van der Waals surface area contributed by atoms with E-state index in [1.54, 1.807) is 19.1 Å². The summed E-state index contributed by atoms with van der Waals surface area (Å²) >= 11 is 6.04. The highest BCUT2D eigenvalue weighted by Crippen LogP contribution is 2.27. The third-order valence-electron chi connectivity index (χ3n) is 3.77. The molecule has 1 amide bonds. The average molecular weight is 333 g/mol. The number of hydrogen-bond donors (Lipinski definition) is 1. The minimum Gasteiger partial charge on any atom is -0.479 e. The molecule has 3 unspecified atom stereocenters. The lowest BCUT2D eigenvalue weighted by molar-refractivity contribution is -0.138. The van der Waals surface area contributed by atoms with E-state index in [-0.39, 0.29) is 24.4 Å². The van der Waals surface area contributed by atoms with E-state index in [2.05, 4.69) is 6.92 Å². The van der Waals surface area contributed by atoms with Crippen LogP contribution in [0.25, 0.3) is 0 Å². The highest BCUT2D eigenvalue weighted by Gasteiger charge is 2.34. The van der Waals surface area contributed by atoms with Gasteiger partial charge < -0.3 is 15.4 Å². The van der Waals surface area contributed by atoms with Crippen LogP contribution in [0.3, 0.4) is 0 Å². The fourth-order valence-electron chi connectivity index (χ4n) is 2.63. The first-order valence-electron chi connectivity index (χ1n) is 6.94. The largest absolute Gasteiger partial charge is 0.479 e. The SMILES string of the molecule is CC(Oc1ccccc1Cl)C(=O)N1CC(CN)CC1C.Cl. The molecule has 1 aromatic carbocycles. The molecule has 1 fully saturated rings. The lowest BCUT2D eigenvalue weighted by atomic mass is 10.1. The highest BCUT2D eigenvalue weighted by molar-refractivity contribution is 6.32. The number of rotatable bonds is 4. The van der Waals surface area contributed by atoms with E-state index in [9.17, 15) is 4.79 Å². The summed E-state index contributed by atoms with van der Waals surface area (Å²) in [6, 6.07) is 7.39. The van der Waals surface area contributed by atoms with Crippen LogP contribution < -0.4 is 10.5 Å². The average Bonchev–Trinajstić information content (AvgIpc) is 2.81. The number of benzene rings is 1. The number of amides is 1. The summed E-state index contributed by atoms with van der Waals surface area (Å²) < 4.78 is 5.68. The van der Waals surface area contributed by atoms with Gasteiger partial charge in [0.2, 0.25) is 0 Å². The van der Waals surface area contributed by atoms with Gasteiger partial charge in [-0.25, -0.2) is 0 Å². The number of nitrogens with two attached hydrogens (primary N) is 1. The van der Waals surface area contributed by atoms with Crippen molar-refractivity contribution in [3.8, 4) is 5.75 Å². The molecule has 0 saturated carbocycles. The molecule has 0 aromatic heterocycles. The predicted octanol–water partition coefficient (Wildman–Crippen LogP) is 2.72. The Kier molecular flexibility index (Phi) is 6.78. The standard InChI is InChI=1S/C15H21ClN2O2.ClH/c1-10-7-12(8-17)9-18(10)15(19)11(2)20-14-6-4-3-5-13(14)16;/h3-6,10-12H,7-9,17H2,1-2H3;1H. The molecule has 2 rings (SSSR count). The summed E-state index contributed by atoms with van der Waals surface area (Å²) in [6.45, 7) is 5.14. The molecule has 1 aliphatic heterocycles. The van der Waals surface area contributed by atoms with Crippen LogP contribution in [-0.4, -0.2) is 36.0 Å². The van der Waals surface area contributed by atoms with E-state index < -0.39 is 6.10 Å². The number of likely N-dealkylation sites (tertiary alicyclic amines) is 1. The summed E-state index contributed by atoms with van der Waals surface area (Å²) in [7, 11) is 0. The van der Waals surface area contributed by atoms with Gasteiger partial charge in [0.1, 0.15) is 5.75 Å². The van der Waals surface area contributed by atoms with Crippen molar-refractivity contribution >= 4 is 29.9 Å². The maximum Gasteiger partial charge on any atom is 0.263 e. The molecule has 1 saturated heterocycles. The molecule has 21 heavy (non-hydrogen) atoms. The minimum atomic E-state index is -0.547. The maximum absolute atomic E-state index is 12.4. The zero-order valence-corrected chi connectivity index (χ0v) is 13.9. The number of carbonyl (C=O) groups excluding carboxylic acids is 1. The number of nitrogens with zero attached hydrogens (tertiary/aromatic N) is 1.